The highest BCUT2D eigenvalue weighted by Gasteiger charge is 2.41. The van der Waals surface area contributed by atoms with Crippen LogP contribution >= 0.6 is 15.9 Å². The molecule has 0 fully saturated rings. The normalized spacial score (nSPS) is 19.7. The molecular formula is C20H16BrNO. The first-order chi connectivity index (χ1) is 11.1. The summed E-state index contributed by atoms with van der Waals surface area (Å²) in [5.41, 5.74) is 2.25. The first-order valence-corrected chi connectivity index (χ1v) is 8.46. The molecule has 0 aliphatic carbocycles. The van der Waals surface area contributed by atoms with Crippen molar-refractivity contribution in [2.24, 2.45) is 0 Å². The Morgan fingerprint density at radius 1 is 1.00 bits per heavy atom. The van der Waals surface area contributed by atoms with E-state index in [1.165, 1.54) is 10.8 Å². The number of hydrogen-bond donors (Lipinski definition) is 1. The summed E-state index contributed by atoms with van der Waals surface area (Å²) < 4.78 is 1.07. The number of rotatable bonds is 2. The molecule has 2 nitrogen and oxygen atoms in total. The lowest BCUT2D eigenvalue weighted by Gasteiger charge is -2.24. The quantitative estimate of drug-likeness (QED) is 0.674. The second-order valence-corrected chi connectivity index (χ2v) is 7.06. The van der Waals surface area contributed by atoms with Gasteiger partial charge < -0.3 is 5.32 Å². The summed E-state index contributed by atoms with van der Waals surface area (Å²) in [4.78, 5) is 12.8. The molecule has 114 valence electrons. The molecule has 3 heteroatoms. The maximum Gasteiger partial charge on any atom is 0.190 e. The monoisotopic (exact) mass is 365 g/mol. The van der Waals surface area contributed by atoms with Crippen LogP contribution in [0.15, 0.2) is 65.1 Å². The molecule has 0 bridgehead atoms. The van der Waals surface area contributed by atoms with Crippen LogP contribution in [0.5, 0.6) is 0 Å². The fraction of sp³-hybridized carbons (Fsp3) is 0.150. The third-order valence-electron chi connectivity index (χ3n) is 4.57. The Morgan fingerprint density at radius 3 is 2.57 bits per heavy atom. The van der Waals surface area contributed by atoms with Gasteiger partial charge in [0.1, 0.15) is 5.54 Å². The van der Waals surface area contributed by atoms with Crippen molar-refractivity contribution in [2.75, 3.05) is 5.32 Å². The molecule has 23 heavy (non-hydrogen) atoms. The number of hydrogen-bond acceptors (Lipinski definition) is 2. The molecular weight excluding hydrogens is 350 g/mol. The number of carbonyl (C=O) groups is 1. The zero-order valence-corrected chi connectivity index (χ0v) is 14.4. The van der Waals surface area contributed by atoms with Gasteiger partial charge in [-0.15, -0.1) is 0 Å². The maximum atomic E-state index is 12.8. The van der Waals surface area contributed by atoms with Crippen LogP contribution in [0.4, 0.5) is 5.69 Å². The summed E-state index contributed by atoms with van der Waals surface area (Å²) in [6, 6.07) is 20.2. The van der Waals surface area contributed by atoms with Crippen molar-refractivity contribution < 1.29 is 4.79 Å². The van der Waals surface area contributed by atoms with Crippen molar-refractivity contribution >= 4 is 38.2 Å². The molecule has 0 saturated heterocycles. The number of Topliss-reactive ketones (excluding diaryl/α,β-unsaturated/α-hetero) is 1. The van der Waals surface area contributed by atoms with Crippen LogP contribution in [-0.4, -0.2) is 11.3 Å². The first-order valence-electron chi connectivity index (χ1n) is 7.67. The van der Waals surface area contributed by atoms with E-state index in [1.807, 2.05) is 43.3 Å². The lowest BCUT2D eigenvalue weighted by Crippen LogP contribution is -2.40. The average molecular weight is 366 g/mol. The summed E-state index contributed by atoms with van der Waals surface area (Å²) in [5.74, 6) is 0.160. The number of halogens is 1. The van der Waals surface area contributed by atoms with Gasteiger partial charge in [0.05, 0.1) is 0 Å². The number of benzene rings is 3. The highest BCUT2D eigenvalue weighted by atomic mass is 79.9. The van der Waals surface area contributed by atoms with Crippen LogP contribution in [0.2, 0.25) is 0 Å². The number of nitrogens with one attached hydrogen (secondary N) is 1. The van der Waals surface area contributed by atoms with Crippen molar-refractivity contribution in [1.29, 1.82) is 0 Å². The Balaban J connectivity index is 1.74. The summed E-state index contributed by atoms with van der Waals surface area (Å²) in [6.07, 6.45) is 0.645. The summed E-state index contributed by atoms with van der Waals surface area (Å²) in [7, 11) is 0. The molecule has 1 aliphatic heterocycles. The summed E-state index contributed by atoms with van der Waals surface area (Å²) in [6.45, 7) is 1.98. The zero-order valence-electron chi connectivity index (χ0n) is 12.8. The van der Waals surface area contributed by atoms with Crippen LogP contribution in [0, 0.1) is 0 Å². The van der Waals surface area contributed by atoms with E-state index in [-0.39, 0.29) is 5.78 Å². The highest BCUT2D eigenvalue weighted by Crippen LogP contribution is 2.37. The van der Waals surface area contributed by atoms with Crippen LogP contribution in [0.25, 0.3) is 10.8 Å². The van der Waals surface area contributed by atoms with Crippen molar-refractivity contribution in [3.63, 3.8) is 0 Å². The predicted molar refractivity (Wildman–Crippen MR) is 98.2 cm³/mol. The van der Waals surface area contributed by atoms with Gasteiger partial charge in [0.15, 0.2) is 5.78 Å². The Hall–Kier alpha value is -2.13. The molecule has 1 aliphatic rings. The molecule has 3 aromatic rings. The van der Waals surface area contributed by atoms with Gasteiger partial charge in [0.2, 0.25) is 0 Å². The van der Waals surface area contributed by atoms with Gasteiger partial charge in [-0.2, -0.15) is 0 Å². The molecule has 1 N–H and O–H groups in total. The van der Waals surface area contributed by atoms with Gasteiger partial charge in [-0.3, -0.25) is 4.79 Å². The van der Waals surface area contributed by atoms with E-state index in [0.29, 0.717) is 6.42 Å². The van der Waals surface area contributed by atoms with Gasteiger partial charge >= 0.3 is 0 Å². The largest absolute Gasteiger partial charge is 0.372 e. The molecule has 0 aromatic heterocycles. The molecule has 1 atom stereocenters. The van der Waals surface area contributed by atoms with Crippen molar-refractivity contribution in [1.82, 2.24) is 0 Å². The second-order valence-electron chi connectivity index (χ2n) is 6.27. The van der Waals surface area contributed by atoms with Crippen molar-refractivity contribution in [3.05, 3.63) is 76.3 Å². The van der Waals surface area contributed by atoms with E-state index in [4.69, 9.17) is 0 Å². The Labute approximate surface area is 143 Å². The lowest BCUT2D eigenvalue weighted by molar-refractivity contribution is 0.0929. The lowest BCUT2D eigenvalue weighted by atomic mass is 9.88. The van der Waals surface area contributed by atoms with E-state index in [1.54, 1.807) is 0 Å². The topological polar surface area (TPSA) is 29.1 Å². The minimum absolute atomic E-state index is 0.160. The second kappa shape index (κ2) is 5.20. The third-order valence-corrected chi connectivity index (χ3v) is 5.51. The van der Waals surface area contributed by atoms with Gasteiger partial charge in [-0.05, 0) is 51.3 Å². The van der Waals surface area contributed by atoms with Gasteiger partial charge in [-0.1, -0.05) is 48.5 Å². The fourth-order valence-corrected chi connectivity index (χ4v) is 4.00. The standard InChI is InChI=1S/C20H16BrNO/c1-20(19(23)16-8-4-5-9-17(16)22-20)12-14-11-10-13-6-2-3-7-15(13)18(14)21/h2-11,22H,12H2,1H3. The van der Waals surface area contributed by atoms with E-state index >= 15 is 0 Å². The number of anilines is 1. The van der Waals surface area contributed by atoms with Crippen molar-refractivity contribution in [3.8, 4) is 0 Å². The van der Waals surface area contributed by atoms with E-state index in [9.17, 15) is 4.79 Å². The van der Waals surface area contributed by atoms with Gasteiger partial charge in [0, 0.05) is 22.1 Å². The summed E-state index contributed by atoms with van der Waals surface area (Å²) in [5, 5.41) is 5.79. The Kier molecular flexibility index (Phi) is 3.27. The fourth-order valence-electron chi connectivity index (χ4n) is 3.36. The van der Waals surface area contributed by atoms with E-state index in [0.717, 1.165) is 21.3 Å². The van der Waals surface area contributed by atoms with E-state index < -0.39 is 5.54 Å². The molecule has 1 unspecified atom stereocenters. The molecule has 0 amide bonds. The Bertz CT molecular complexity index is 934. The number of fused-ring (bicyclic) bond motifs is 2. The molecule has 0 spiro atoms. The van der Waals surface area contributed by atoms with Gasteiger partial charge in [-0.25, -0.2) is 0 Å². The van der Waals surface area contributed by atoms with Crippen LogP contribution < -0.4 is 5.32 Å². The molecule has 0 radical (unpaired) electrons. The van der Waals surface area contributed by atoms with Gasteiger partial charge in [0.25, 0.3) is 0 Å². The Morgan fingerprint density at radius 2 is 1.74 bits per heavy atom. The molecule has 3 aromatic carbocycles. The van der Waals surface area contributed by atoms with Crippen molar-refractivity contribution in [2.45, 2.75) is 18.9 Å². The van der Waals surface area contributed by atoms with E-state index in [2.05, 4.69) is 45.5 Å². The predicted octanol–water partition coefficient (Wildman–Crippen LogP) is 5.21. The average Bonchev–Trinajstić information content (AvgIpc) is 2.82. The molecule has 1 heterocycles. The van der Waals surface area contributed by atoms with Crippen LogP contribution in [-0.2, 0) is 6.42 Å². The zero-order chi connectivity index (χ0) is 16.0. The molecule has 0 saturated carbocycles. The molecule has 4 rings (SSSR count). The number of carbonyl (C=O) groups excluding carboxylic acids is 1. The minimum Gasteiger partial charge on any atom is -0.372 e. The number of para-hydroxylation sites is 1. The first kappa shape index (κ1) is 14.5. The maximum absolute atomic E-state index is 12.8. The van der Waals surface area contributed by atoms with Crippen LogP contribution in [0.1, 0.15) is 22.8 Å². The smallest absolute Gasteiger partial charge is 0.190 e. The highest BCUT2D eigenvalue weighted by molar-refractivity contribution is 9.10. The SMILES string of the molecule is CC1(Cc2ccc3ccccc3c2Br)Nc2ccccc2C1=O. The van der Waals surface area contributed by atoms with Crippen LogP contribution in [0.3, 0.4) is 0 Å². The third kappa shape index (κ3) is 2.27. The number of ketones is 1. The summed E-state index contributed by atoms with van der Waals surface area (Å²) >= 11 is 3.73. The minimum atomic E-state index is -0.603.